The fourth-order valence-electron chi connectivity index (χ4n) is 3.26. The zero-order valence-electron chi connectivity index (χ0n) is 14.0. The highest BCUT2D eigenvalue weighted by molar-refractivity contribution is 6.35. The van der Waals surface area contributed by atoms with Gasteiger partial charge in [-0.15, -0.1) is 0 Å². The van der Waals surface area contributed by atoms with Gasteiger partial charge in [-0.1, -0.05) is 41.4 Å². The standard InChI is InChI=1S/C20H22Cl2N2O/c21-15-8-11-19(22)18(12-15)20(25)24-17-9-6-14(7-10-17)13-23-16-4-2-1-3-5-16/h1-5,8,11-12,14,17,23H,6-7,9-10,13H2,(H,24,25)/t14-,17-. The number of halogens is 2. The van der Waals surface area contributed by atoms with Gasteiger partial charge in [-0.2, -0.15) is 0 Å². The molecule has 25 heavy (non-hydrogen) atoms. The summed E-state index contributed by atoms with van der Waals surface area (Å²) >= 11 is 12.1. The summed E-state index contributed by atoms with van der Waals surface area (Å²) in [6.45, 7) is 0.977. The summed E-state index contributed by atoms with van der Waals surface area (Å²) in [5.74, 6) is 0.501. The lowest BCUT2D eigenvalue weighted by Gasteiger charge is -2.29. The number of nitrogens with one attached hydrogen (secondary N) is 2. The van der Waals surface area contributed by atoms with Crippen molar-refractivity contribution in [3.05, 3.63) is 64.1 Å². The number of hydrogen-bond donors (Lipinski definition) is 2. The minimum atomic E-state index is -0.140. The average Bonchev–Trinajstić information content (AvgIpc) is 2.64. The fourth-order valence-corrected chi connectivity index (χ4v) is 3.64. The van der Waals surface area contributed by atoms with E-state index in [4.69, 9.17) is 23.2 Å². The van der Waals surface area contributed by atoms with Crippen molar-refractivity contribution in [3.8, 4) is 0 Å². The molecule has 0 unspecified atom stereocenters. The van der Waals surface area contributed by atoms with E-state index in [0.29, 0.717) is 21.5 Å². The van der Waals surface area contributed by atoms with Crippen LogP contribution in [0, 0.1) is 5.92 Å². The molecular formula is C20H22Cl2N2O. The highest BCUT2D eigenvalue weighted by Crippen LogP contribution is 2.26. The molecule has 1 aliphatic carbocycles. The first kappa shape index (κ1) is 18.1. The second-order valence-electron chi connectivity index (χ2n) is 6.56. The average molecular weight is 377 g/mol. The van der Waals surface area contributed by atoms with Crippen molar-refractivity contribution >= 4 is 34.8 Å². The SMILES string of the molecule is O=C(N[C@H]1CC[C@H](CNc2ccccc2)CC1)c1cc(Cl)ccc1Cl. The van der Waals surface area contributed by atoms with Gasteiger partial charge in [0.05, 0.1) is 10.6 Å². The number of amides is 1. The van der Waals surface area contributed by atoms with Crippen LogP contribution in [0.4, 0.5) is 5.69 Å². The van der Waals surface area contributed by atoms with E-state index >= 15 is 0 Å². The van der Waals surface area contributed by atoms with E-state index < -0.39 is 0 Å². The molecule has 1 fully saturated rings. The molecule has 0 heterocycles. The normalized spacial score (nSPS) is 20.1. The van der Waals surface area contributed by atoms with Crippen LogP contribution in [0.5, 0.6) is 0 Å². The van der Waals surface area contributed by atoms with Crippen LogP contribution in [-0.4, -0.2) is 18.5 Å². The predicted octanol–water partition coefficient (Wildman–Crippen LogP) is 5.39. The highest BCUT2D eigenvalue weighted by Gasteiger charge is 2.23. The summed E-state index contributed by atoms with van der Waals surface area (Å²) in [5, 5.41) is 7.54. The van der Waals surface area contributed by atoms with E-state index in [-0.39, 0.29) is 11.9 Å². The van der Waals surface area contributed by atoms with Gasteiger partial charge in [-0.3, -0.25) is 4.79 Å². The largest absolute Gasteiger partial charge is 0.385 e. The molecule has 0 radical (unpaired) electrons. The smallest absolute Gasteiger partial charge is 0.253 e. The maximum absolute atomic E-state index is 12.4. The molecular weight excluding hydrogens is 355 g/mol. The molecule has 132 valence electrons. The predicted molar refractivity (Wildman–Crippen MR) is 105 cm³/mol. The summed E-state index contributed by atoms with van der Waals surface area (Å²) in [7, 11) is 0. The van der Waals surface area contributed by atoms with Crippen molar-refractivity contribution in [1.29, 1.82) is 0 Å². The molecule has 1 saturated carbocycles. The van der Waals surface area contributed by atoms with Crippen molar-refractivity contribution in [2.75, 3.05) is 11.9 Å². The maximum Gasteiger partial charge on any atom is 0.253 e. The zero-order chi connectivity index (χ0) is 17.6. The lowest BCUT2D eigenvalue weighted by atomic mass is 9.86. The molecule has 2 aromatic carbocycles. The first-order valence-corrected chi connectivity index (χ1v) is 9.42. The molecule has 5 heteroatoms. The van der Waals surface area contributed by atoms with Crippen LogP contribution in [0.1, 0.15) is 36.0 Å². The molecule has 1 aliphatic rings. The molecule has 0 atom stereocenters. The van der Waals surface area contributed by atoms with Crippen LogP contribution in [0.15, 0.2) is 48.5 Å². The van der Waals surface area contributed by atoms with Crippen molar-refractivity contribution < 1.29 is 4.79 Å². The van der Waals surface area contributed by atoms with E-state index in [1.54, 1.807) is 18.2 Å². The molecule has 0 aliphatic heterocycles. The quantitative estimate of drug-likeness (QED) is 0.733. The molecule has 2 N–H and O–H groups in total. The Hall–Kier alpha value is -1.71. The summed E-state index contributed by atoms with van der Waals surface area (Å²) in [6.07, 6.45) is 4.19. The van der Waals surface area contributed by atoms with Crippen LogP contribution in [0.25, 0.3) is 0 Å². The van der Waals surface area contributed by atoms with Gasteiger partial charge in [0.25, 0.3) is 5.91 Å². The van der Waals surface area contributed by atoms with Gasteiger partial charge in [0.15, 0.2) is 0 Å². The topological polar surface area (TPSA) is 41.1 Å². The van der Waals surface area contributed by atoms with E-state index in [0.717, 1.165) is 37.9 Å². The molecule has 0 saturated heterocycles. The van der Waals surface area contributed by atoms with Crippen LogP contribution in [0.2, 0.25) is 10.0 Å². The van der Waals surface area contributed by atoms with Gasteiger partial charge < -0.3 is 10.6 Å². The van der Waals surface area contributed by atoms with Crippen LogP contribution < -0.4 is 10.6 Å². The zero-order valence-corrected chi connectivity index (χ0v) is 15.5. The molecule has 2 aromatic rings. The molecule has 3 nitrogen and oxygen atoms in total. The number of benzene rings is 2. The van der Waals surface area contributed by atoms with Crippen molar-refractivity contribution in [2.45, 2.75) is 31.7 Å². The Bertz CT molecular complexity index is 713. The number of hydrogen-bond acceptors (Lipinski definition) is 2. The van der Waals surface area contributed by atoms with Gasteiger partial charge in [-0.05, 0) is 61.9 Å². The summed E-state index contributed by atoms with van der Waals surface area (Å²) in [4.78, 5) is 12.4. The highest BCUT2D eigenvalue weighted by atomic mass is 35.5. The van der Waals surface area contributed by atoms with Gasteiger partial charge in [0.2, 0.25) is 0 Å². The van der Waals surface area contributed by atoms with Gasteiger partial charge >= 0.3 is 0 Å². The Balaban J connectivity index is 1.46. The van der Waals surface area contributed by atoms with Gasteiger partial charge in [-0.25, -0.2) is 0 Å². The van der Waals surface area contributed by atoms with Crippen molar-refractivity contribution in [2.24, 2.45) is 5.92 Å². The fraction of sp³-hybridized carbons (Fsp3) is 0.350. The summed E-state index contributed by atoms with van der Waals surface area (Å²) < 4.78 is 0. The molecule has 0 aromatic heterocycles. The Labute approximate surface area is 158 Å². The third-order valence-corrected chi connectivity index (χ3v) is 5.29. The van der Waals surface area contributed by atoms with Gasteiger partial charge in [0.1, 0.15) is 0 Å². The third kappa shape index (κ3) is 5.13. The summed E-state index contributed by atoms with van der Waals surface area (Å²) in [5.41, 5.74) is 1.61. The second-order valence-corrected chi connectivity index (χ2v) is 7.41. The third-order valence-electron chi connectivity index (χ3n) is 4.72. The van der Waals surface area contributed by atoms with E-state index in [2.05, 4.69) is 22.8 Å². The molecule has 3 rings (SSSR count). The van der Waals surface area contributed by atoms with Crippen molar-refractivity contribution in [1.82, 2.24) is 5.32 Å². The van der Waals surface area contributed by atoms with Crippen molar-refractivity contribution in [3.63, 3.8) is 0 Å². The molecule has 0 spiro atoms. The second kappa shape index (κ2) is 8.59. The minimum Gasteiger partial charge on any atom is -0.385 e. The monoisotopic (exact) mass is 376 g/mol. The number of carbonyl (C=O) groups excluding carboxylic acids is 1. The number of anilines is 1. The Kier molecular flexibility index (Phi) is 6.22. The Morgan fingerprint density at radius 3 is 2.44 bits per heavy atom. The first-order chi connectivity index (χ1) is 12.1. The van der Waals surface area contributed by atoms with Gasteiger partial charge in [0, 0.05) is 23.3 Å². The maximum atomic E-state index is 12.4. The van der Waals surface area contributed by atoms with E-state index in [1.165, 1.54) is 0 Å². The van der Waals surface area contributed by atoms with Crippen LogP contribution in [0.3, 0.4) is 0 Å². The van der Waals surface area contributed by atoms with E-state index in [9.17, 15) is 4.79 Å². The first-order valence-electron chi connectivity index (χ1n) is 8.66. The Morgan fingerprint density at radius 2 is 1.72 bits per heavy atom. The lowest BCUT2D eigenvalue weighted by molar-refractivity contribution is 0.0923. The lowest BCUT2D eigenvalue weighted by Crippen LogP contribution is -2.38. The minimum absolute atomic E-state index is 0.140. The number of para-hydroxylation sites is 1. The van der Waals surface area contributed by atoms with Crippen LogP contribution >= 0.6 is 23.2 Å². The molecule has 1 amide bonds. The summed E-state index contributed by atoms with van der Waals surface area (Å²) in [6, 6.07) is 15.4. The molecule has 0 bridgehead atoms. The Morgan fingerprint density at radius 1 is 1.00 bits per heavy atom. The van der Waals surface area contributed by atoms with Crippen LogP contribution in [-0.2, 0) is 0 Å². The number of carbonyl (C=O) groups is 1. The van der Waals surface area contributed by atoms with E-state index in [1.807, 2.05) is 18.2 Å². The number of rotatable bonds is 5.